The van der Waals surface area contributed by atoms with E-state index in [0.717, 1.165) is 23.5 Å². The van der Waals surface area contributed by atoms with Crippen LogP contribution in [-0.4, -0.2) is 30.7 Å². The molecule has 4 heteroatoms. The lowest BCUT2D eigenvalue weighted by Gasteiger charge is -2.15. The normalized spacial score (nSPS) is 24.6. The summed E-state index contributed by atoms with van der Waals surface area (Å²) in [6, 6.07) is 6.26. The maximum absolute atomic E-state index is 11.3. The van der Waals surface area contributed by atoms with Gasteiger partial charge in [-0.1, -0.05) is 12.1 Å². The first kappa shape index (κ1) is 10.4. The number of para-hydroxylation sites is 1. The highest BCUT2D eigenvalue weighted by Gasteiger charge is 2.44. The van der Waals surface area contributed by atoms with Gasteiger partial charge in [-0.05, 0) is 12.5 Å². The van der Waals surface area contributed by atoms with Crippen molar-refractivity contribution in [1.29, 1.82) is 0 Å². The van der Waals surface area contributed by atoms with E-state index in [2.05, 4.69) is 6.07 Å². The molecule has 1 aliphatic carbocycles. The summed E-state index contributed by atoms with van der Waals surface area (Å²) in [5, 5.41) is 0. The molecule has 0 aromatic heterocycles. The lowest BCUT2D eigenvalue weighted by molar-refractivity contribution is -0.128. The molecule has 1 amide bonds. The van der Waals surface area contributed by atoms with Crippen LogP contribution in [0.4, 0.5) is 0 Å². The fraction of sp³-hybridized carbons (Fsp3) is 0.462. The molecular weight excluding hydrogens is 218 g/mol. The summed E-state index contributed by atoms with van der Waals surface area (Å²) in [6.07, 6.45) is 1.01. The van der Waals surface area contributed by atoms with E-state index in [1.54, 1.807) is 11.8 Å². The third kappa shape index (κ3) is 1.64. The lowest BCUT2D eigenvalue weighted by atomic mass is 10.1. The van der Waals surface area contributed by atoms with E-state index >= 15 is 0 Å². The molecule has 90 valence electrons. The van der Waals surface area contributed by atoms with Crippen LogP contribution in [0, 0.1) is 0 Å². The Kier molecular flexibility index (Phi) is 2.24. The lowest BCUT2D eigenvalue weighted by Crippen LogP contribution is -2.27. The van der Waals surface area contributed by atoms with Gasteiger partial charge in [-0.25, -0.2) is 0 Å². The minimum Gasteiger partial charge on any atom is -0.454 e. The molecule has 0 bridgehead atoms. The van der Waals surface area contributed by atoms with Crippen LogP contribution in [0.1, 0.15) is 24.8 Å². The molecule has 0 radical (unpaired) electrons. The van der Waals surface area contributed by atoms with Gasteiger partial charge in [0, 0.05) is 31.5 Å². The Morgan fingerprint density at radius 2 is 2.24 bits per heavy atom. The van der Waals surface area contributed by atoms with Gasteiger partial charge in [0.05, 0.1) is 0 Å². The quantitative estimate of drug-likeness (QED) is 0.781. The molecule has 1 aromatic carbocycles. The molecule has 17 heavy (non-hydrogen) atoms. The molecule has 1 saturated carbocycles. The minimum atomic E-state index is 0.113. The smallest absolute Gasteiger partial charge is 0.231 e. The van der Waals surface area contributed by atoms with E-state index < -0.39 is 0 Å². The van der Waals surface area contributed by atoms with Crippen molar-refractivity contribution in [2.75, 3.05) is 13.8 Å². The van der Waals surface area contributed by atoms with E-state index in [9.17, 15) is 4.79 Å². The molecule has 0 spiro atoms. The summed E-state index contributed by atoms with van der Waals surface area (Å²) >= 11 is 0. The molecule has 0 N–H and O–H groups in total. The van der Waals surface area contributed by atoms with Crippen molar-refractivity contribution in [2.45, 2.75) is 25.3 Å². The second kappa shape index (κ2) is 3.65. The van der Waals surface area contributed by atoms with Gasteiger partial charge in [0.2, 0.25) is 12.7 Å². The Bertz CT molecular complexity index is 472. The predicted octanol–water partition coefficient (Wildman–Crippen LogP) is 1.75. The first-order valence-electron chi connectivity index (χ1n) is 5.80. The highest BCUT2D eigenvalue weighted by molar-refractivity contribution is 5.74. The fourth-order valence-corrected chi connectivity index (χ4v) is 2.42. The molecule has 3 rings (SSSR count). The number of likely N-dealkylation sites (N-methyl/N-ethyl adjacent to an activating group) is 1. The second-order valence-corrected chi connectivity index (χ2v) is 4.62. The highest BCUT2D eigenvalue weighted by Crippen LogP contribution is 2.50. The van der Waals surface area contributed by atoms with Gasteiger partial charge in [0.1, 0.15) is 0 Å². The largest absolute Gasteiger partial charge is 0.454 e. The fourth-order valence-electron chi connectivity index (χ4n) is 2.42. The summed E-state index contributed by atoms with van der Waals surface area (Å²) in [4.78, 5) is 13.1. The summed E-state index contributed by atoms with van der Waals surface area (Å²) in [5.74, 6) is 2.18. The number of carbonyl (C=O) groups excluding carboxylic acids is 1. The number of amides is 1. The zero-order chi connectivity index (χ0) is 12.0. The van der Waals surface area contributed by atoms with Gasteiger partial charge in [-0.15, -0.1) is 0 Å². The monoisotopic (exact) mass is 233 g/mol. The van der Waals surface area contributed by atoms with Gasteiger partial charge >= 0.3 is 0 Å². The molecule has 1 fully saturated rings. The molecule has 2 atom stereocenters. The van der Waals surface area contributed by atoms with Crippen LogP contribution in [-0.2, 0) is 4.79 Å². The first-order chi connectivity index (χ1) is 8.18. The van der Waals surface area contributed by atoms with Crippen LogP contribution in [0.15, 0.2) is 18.2 Å². The summed E-state index contributed by atoms with van der Waals surface area (Å²) in [6.45, 7) is 1.90. The van der Waals surface area contributed by atoms with E-state index in [1.165, 1.54) is 0 Å². The van der Waals surface area contributed by atoms with Crippen molar-refractivity contribution in [3.8, 4) is 11.5 Å². The van der Waals surface area contributed by atoms with Crippen LogP contribution >= 0.6 is 0 Å². The summed E-state index contributed by atoms with van der Waals surface area (Å²) < 4.78 is 10.9. The minimum absolute atomic E-state index is 0.113. The van der Waals surface area contributed by atoms with Crippen molar-refractivity contribution in [3.05, 3.63) is 23.8 Å². The zero-order valence-electron chi connectivity index (χ0n) is 9.97. The number of benzene rings is 1. The van der Waals surface area contributed by atoms with Crippen LogP contribution in [0.3, 0.4) is 0 Å². The highest BCUT2D eigenvalue weighted by atomic mass is 16.7. The Labute approximate surface area is 100 Å². The molecule has 0 saturated heterocycles. The van der Waals surface area contributed by atoms with Crippen molar-refractivity contribution < 1.29 is 14.3 Å². The number of fused-ring (bicyclic) bond motifs is 1. The van der Waals surface area contributed by atoms with E-state index in [1.807, 2.05) is 19.2 Å². The van der Waals surface area contributed by atoms with Crippen molar-refractivity contribution in [2.24, 2.45) is 0 Å². The van der Waals surface area contributed by atoms with Crippen LogP contribution in [0.25, 0.3) is 0 Å². The summed E-state index contributed by atoms with van der Waals surface area (Å²) in [5.41, 5.74) is 1.16. The molecule has 2 unspecified atom stereocenters. The summed E-state index contributed by atoms with van der Waals surface area (Å²) in [7, 11) is 1.85. The van der Waals surface area contributed by atoms with Gasteiger partial charge in [0.25, 0.3) is 0 Å². The average molecular weight is 233 g/mol. The second-order valence-electron chi connectivity index (χ2n) is 4.62. The molecule has 1 aliphatic heterocycles. The van der Waals surface area contributed by atoms with E-state index in [0.29, 0.717) is 18.8 Å². The number of nitrogens with zero attached hydrogens (tertiary/aromatic N) is 1. The van der Waals surface area contributed by atoms with Crippen LogP contribution in [0.5, 0.6) is 11.5 Å². The Hall–Kier alpha value is -1.71. The topological polar surface area (TPSA) is 38.8 Å². The maximum Gasteiger partial charge on any atom is 0.231 e. The predicted molar refractivity (Wildman–Crippen MR) is 62.2 cm³/mol. The number of ether oxygens (including phenoxy) is 2. The Morgan fingerprint density at radius 3 is 3.00 bits per heavy atom. The number of hydrogen-bond donors (Lipinski definition) is 0. The van der Waals surface area contributed by atoms with Gasteiger partial charge in [-0.2, -0.15) is 0 Å². The van der Waals surface area contributed by atoms with Gasteiger partial charge in [0.15, 0.2) is 11.5 Å². The van der Waals surface area contributed by atoms with Crippen LogP contribution < -0.4 is 9.47 Å². The molecule has 1 heterocycles. The van der Waals surface area contributed by atoms with E-state index in [4.69, 9.17) is 9.47 Å². The first-order valence-corrected chi connectivity index (χ1v) is 5.80. The number of hydrogen-bond acceptors (Lipinski definition) is 3. The zero-order valence-corrected chi connectivity index (χ0v) is 9.97. The Balaban J connectivity index is 1.84. The van der Waals surface area contributed by atoms with Gasteiger partial charge in [-0.3, -0.25) is 4.79 Å². The van der Waals surface area contributed by atoms with Gasteiger partial charge < -0.3 is 14.4 Å². The average Bonchev–Trinajstić information content (AvgIpc) is 2.95. The molecular formula is C13H15NO3. The van der Waals surface area contributed by atoms with Crippen molar-refractivity contribution in [1.82, 2.24) is 4.90 Å². The molecule has 1 aromatic rings. The van der Waals surface area contributed by atoms with Crippen molar-refractivity contribution in [3.63, 3.8) is 0 Å². The molecule has 2 aliphatic rings. The van der Waals surface area contributed by atoms with Crippen LogP contribution in [0.2, 0.25) is 0 Å². The van der Waals surface area contributed by atoms with Crippen molar-refractivity contribution >= 4 is 5.91 Å². The standard InChI is InChI=1S/C13H15NO3/c1-8(15)14(2)11-6-10(11)9-4-3-5-12-13(9)17-7-16-12/h3-5,10-11H,6-7H2,1-2H3. The Morgan fingerprint density at radius 1 is 1.41 bits per heavy atom. The third-order valence-corrected chi connectivity index (χ3v) is 3.58. The van der Waals surface area contributed by atoms with E-state index in [-0.39, 0.29) is 5.91 Å². The number of rotatable bonds is 2. The third-order valence-electron chi connectivity index (χ3n) is 3.58. The maximum atomic E-state index is 11.3. The number of carbonyl (C=O) groups is 1. The molecule has 4 nitrogen and oxygen atoms in total. The SMILES string of the molecule is CC(=O)N(C)C1CC1c1cccc2c1OCO2.